The molecule has 168 valence electrons. The number of methoxy groups -OCH3 is 2. The normalized spacial score (nSPS) is 14.9. The number of nitrogens with zero attached hydrogens (tertiary/aromatic N) is 2. The topological polar surface area (TPSA) is 88.2 Å². The second kappa shape index (κ2) is 9.48. The quantitative estimate of drug-likeness (QED) is 0.722. The van der Waals surface area contributed by atoms with Crippen molar-refractivity contribution in [3.05, 3.63) is 53.6 Å². The Balaban J connectivity index is 1.60. The number of hydrogen-bond donors (Lipinski definition) is 1. The summed E-state index contributed by atoms with van der Waals surface area (Å²) in [4.78, 5) is 13.9. The number of hydrogen-bond acceptors (Lipinski definition) is 5. The first-order valence-corrected chi connectivity index (χ1v) is 10.9. The molecule has 1 fully saturated rings. The highest BCUT2D eigenvalue weighted by Crippen LogP contribution is 2.30. The van der Waals surface area contributed by atoms with Gasteiger partial charge < -0.3 is 19.7 Å². The molecule has 0 saturated carbocycles. The van der Waals surface area contributed by atoms with E-state index in [1.807, 2.05) is 0 Å². The number of piperazine rings is 1. The van der Waals surface area contributed by atoms with E-state index < -0.39 is 27.7 Å². The molecule has 1 saturated heterocycles. The van der Waals surface area contributed by atoms with Crippen LogP contribution in [0.15, 0.2) is 41.3 Å². The van der Waals surface area contributed by atoms with Crippen LogP contribution in [0.1, 0.15) is 5.56 Å². The van der Waals surface area contributed by atoms with Crippen LogP contribution in [0, 0.1) is 11.6 Å². The fourth-order valence-electron chi connectivity index (χ4n) is 3.26. The summed E-state index contributed by atoms with van der Waals surface area (Å²) >= 11 is 0. The molecule has 1 aliphatic heterocycles. The third kappa shape index (κ3) is 5.23. The van der Waals surface area contributed by atoms with Crippen LogP contribution in [0.5, 0.6) is 11.5 Å². The average molecular weight is 455 g/mol. The molecule has 2 amide bonds. The zero-order valence-corrected chi connectivity index (χ0v) is 17.9. The lowest BCUT2D eigenvalue weighted by Crippen LogP contribution is -2.52. The second-order valence-electron chi connectivity index (χ2n) is 6.84. The van der Waals surface area contributed by atoms with Crippen molar-refractivity contribution in [1.29, 1.82) is 0 Å². The summed E-state index contributed by atoms with van der Waals surface area (Å²) in [6.07, 6.45) is 0. The Bertz CT molecular complexity index is 1040. The van der Waals surface area contributed by atoms with Crippen molar-refractivity contribution < 1.29 is 31.5 Å². The molecule has 0 unspecified atom stereocenters. The summed E-state index contributed by atoms with van der Waals surface area (Å²) in [6, 6.07) is 6.94. The number of carbonyl (C=O) groups excluding carboxylic acids is 1. The van der Waals surface area contributed by atoms with E-state index >= 15 is 0 Å². The van der Waals surface area contributed by atoms with E-state index in [0.29, 0.717) is 17.1 Å². The maximum Gasteiger partial charge on any atom is 0.317 e. The maximum atomic E-state index is 13.3. The standard InChI is InChI=1S/C20H23F2N3O5S/c1-29-18-4-3-17(12-19(18)30-2)31(27,28)25-7-5-24(6-8-25)20(26)23-13-14-9-15(21)11-16(22)10-14/h3-4,9-12H,5-8,13H2,1-2H3,(H,23,26). The number of carbonyl (C=O) groups is 1. The first-order chi connectivity index (χ1) is 14.7. The second-order valence-corrected chi connectivity index (χ2v) is 8.78. The van der Waals surface area contributed by atoms with Crippen LogP contribution in [0.3, 0.4) is 0 Å². The molecule has 2 aromatic carbocycles. The third-order valence-corrected chi connectivity index (χ3v) is 6.78. The maximum absolute atomic E-state index is 13.3. The average Bonchev–Trinajstić information content (AvgIpc) is 2.76. The van der Waals surface area contributed by atoms with E-state index in [1.165, 1.54) is 41.6 Å². The minimum absolute atomic E-state index is 0.0440. The van der Waals surface area contributed by atoms with Crippen molar-refractivity contribution in [3.63, 3.8) is 0 Å². The third-order valence-electron chi connectivity index (χ3n) is 4.88. The molecule has 2 aromatic rings. The van der Waals surface area contributed by atoms with Gasteiger partial charge >= 0.3 is 6.03 Å². The Morgan fingerprint density at radius 2 is 1.58 bits per heavy atom. The molecule has 1 aliphatic rings. The Hall–Kier alpha value is -2.92. The van der Waals surface area contributed by atoms with Crippen molar-refractivity contribution in [2.24, 2.45) is 0 Å². The Morgan fingerprint density at radius 1 is 0.968 bits per heavy atom. The predicted octanol–water partition coefficient (Wildman–Crippen LogP) is 2.20. The monoisotopic (exact) mass is 455 g/mol. The number of benzene rings is 2. The van der Waals surface area contributed by atoms with Crippen molar-refractivity contribution in [3.8, 4) is 11.5 Å². The molecular weight excluding hydrogens is 432 g/mol. The van der Waals surface area contributed by atoms with Crippen molar-refractivity contribution >= 4 is 16.1 Å². The van der Waals surface area contributed by atoms with Gasteiger partial charge in [0.1, 0.15) is 11.6 Å². The van der Waals surface area contributed by atoms with Gasteiger partial charge in [0.25, 0.3) is 0 Å². The van der Waals surface area contributed by atoms with Crippen LogP contribution in [0.2, 0.25) is 0 Å². The van der Waals surface area contributed by atoms with Crippen molar-refractivity contribution in [2.45, 2.75) is 11.4 Å². The number of sulfonamides is 1. The predicted molar refractivity (Wildman–Crippen MR) is 108 cm³/mol. The number of ether oxygens (including phenoxy) is 2. The molecule has 31 heavy (non-hydrogen) atoms. The van der Waals surface area contributed by atoms with Crippen molar-refractivity contribution in [2.75, 3.05) is 40.4 Å². The van der Waals surface area contributed by atoms with E-state index in [4.69, 9.17) is 9.47 Å². The van der Waals surface area contributed by atoms with E-state index in [-0.39, 0.29) is 37.6 Å². The number of nitrogens with one attached hydrogen (secondary N) is 1. The Kier molecular flexibility index (Phi) is 6.96. The first kappa shape index (κ1) is 22.8. The van der Waals surface area contributed by atoms with Gasteiger partial charge in [-0.2, -0.15) is 4.31 Å². The van der Waals surface area contributed by atoms with E-state index in [0.717, 1.165) is 18.2 Å². The number of rotatable bonds is 6. The fourth-order valence-corrected chi connectivity index (χ4v) is 4.70. The molecule has 8 nitrogen and oxygen atoms in total. The first-order valence-electron chi connectivity index (χ1n) is 9.44. The summed E-state index contributed by atoms with van der Waals surface area (Å²) in [5.74, 6) is -0.729. The number of urea groups is 1. The van der Waals surface area contributed by atoms with E-state index in [9.17, 15) is 22.0 Å². The van der Waals surface area contributed by atoms with Gasteiger partial charge in [0.15, 0.2) is 11.5 Å². The molecule has 1 heterocycles. The van der Waals surface area contributed by atoms with Gasteiger partial charge in [0, 0.05) is 44.9 Å². The summed E-state index contributed by atoms with van der Waals surface area (Å²) in [6.45, 7) is 0.529. The van der Waals surface area contributed by atoms with Crippen LogP contribution < -0.4 is 14.8 Å². The molecule has 0 spiro atoms. The Morgan fingerprint density at radius 3 is 2.16 bits per heavy atom. The molecular formula is C20H23F2N3O5S. The van der Waals surface area contributed by atoms with Crippen LogP contribution in [0.4, 0.5) is 13.6 Å². The van der Waals surface area contributed by atoms with E-state index in [1.54, 1.807) is 0 Å². The van der Waals surface area contributed by atoms with Crippen LogP contribution in [-0.2, 0) is 16.6 Å². The summed E-state index contributed by atoms with van der Waals surface area (Å²) in [5.41, 5.74) is 0.292. The molecule has 0 radical (unpaired) electrons. The van der Waals surface area contributed by atoms with Gasteiger partial charge in [0.2, 0.25) is 10.0 Å². The van der Waals surface area contributed by atoms with Crippen molar-refractivity contribution in [1.82, 2.24) is 14.5 Å². The highest BCUT2D eigenvalue weighted by Gasteiger charge is 2.30. The summed E-state index contributed by atoms with van der Waals surface area (Å²) in [5, 5.41) is 2.59. The zero-order chi connectivity index (χ0) is 22.6. The van der Waals surface area contributed by atoms with Gasteiger partial charge in [-0.1, -0.05) is 0 Å². The highest BCUT2D eigenvalue weighted by molar-refractivity contribution is 7.89. The number of halogens is 2. The number of amides is 2. The van der Waals surface area contributed by atoms with Gasteiger partial charge in [-0.15, -0.1) is 0 Å². The van der Waals surface area contributed by atoms with E-state index in [2.05, 4.69) is 5.32 Å². The zero-order valence-electron chi connectivity index (χ0n) is 17.1. The molecule has 11 heteroatoms. The van der Waals surface area contributed by atoms with Crippen LogP contribution >= 0.6 is 0 Å². The largest absolute Gasteiger partial charge is 0.493 e. The van der Waals surface area contributed by atoms with Crippen LogP contribution in [-0.4, -0.2) is 64.1 Å². The molecule has 1 N–H and O–H groups in total. The molecule has 0 aromatic heterocycles. The van der Waals surface area contributed by atoms with Gasteiger partial charge in [-0.05, 0) is 29.8 Å². The minimum Gasteiger partial charge on any atom is -0.493 e. The summed E-state index contributed by atoms with van der Waals surface area (Å²) < 4.78 is 64.0. The Labute approximate surface area is 179 Å². The van der Waals surface area contributed by atoms with Crippen LogP contribution in [0.25, 0.3) is 0 Å². The van der Waals surface area contributed by atoms with Gasteiger partial charge in [-0.25, -0.2) is 22.0 Å². The molecule has 0 atom stereocenters. The van der Waals surface area contributed by atoms with Gasteiger partial charge in [-0.3, -0.25) is 0 Å². The SMILES string of the molecule is COc1ccc(S(=O)(=O)N2CCN(C(=O)NCc3cc(F)cc(F)c3)CC2)cc1OC. The summed E-state index contributed by atoms with van der Waals surface area (Å²) in [7, 11) is -0.898. The smallest absolute Gasteiger partial charge is 0.317 e. The molecule has 0 bridgehead atoms. The highest BCUT2D eigenvalue weighted by atomic mass is 32.2. The fraction of sp³-hybridized carbons (Fsp3) is 0.350. The van der Waals surface area contributed by atoms with Gasteiger partial charge in [0.05, 0.1) is 19.1 Å². The molecule has 0 aliphatic carbocycles. The molecule has 3 rings (SSSR count). The lowest BCUT2D eigenvalue weighted by Gasteiger charge is -2.34. The lowest BCUT2D eigenvalue weighted by atomic mass is 10.2. The lowest BCUT2D eigenvalue weighted by molar-refractivity contribution is 0.172. The minimum atomic E-state index is -3.78.